The quantitative estimate of drug-likeness (QED) is 0.742. The Hall–Kier alpha value is -0.780. The second-order valence-corrected chi connectivity index (χ2v) is 4.47. The average molecular weight is 255 g/mol. The van der Waals surface area contributed by atoms with Crippen molar-refractivity contribution in [2.45, 2.75) is 45.8 Å². The van der Waals surface area contributed by atoms with Gasteiger partial charge in [-0.3, -0.25) is 4.79 Å². The maximum Gasteiger partial charge on any atom is 0.404 e. The summed E-state index contributed by atoms with van der Waals surface area (Å²) < 4.78 is 42.2. The average Bonchev–Trinajstić information content (AvgIpc) is 2.19. The van der Waals surface area contributed by atoms with Crippen molar-refractivity contribution in [2.75, 3.05) is 6.61 Å². The first-order valence-corrected chi connectivity index (χ1v) is 5.69. The molecule has 0 radical (unpaired) electrons. The molecule has 102 valence electrons. The summed E-state index contributed by atoms with van der Waals surface area (Å²) in [6.07, 6.45) is -3.94. The second-order valence-electron chi connectivity index (χ2n) is 4.47. The number of carbonyl (C=O) groups is 1. The van der Waals surface area contributed by atoms with E-state index in [9.17, 15) is 18.0 Å². The third kappa shape index (κ3) is 5.91. The molecule has 0 saturated carbocycles. The smallest absolute Gasteiger partial charge is 0.404 e. The van der Waals surface area contributed by atoms with Crippen molar-refractivity contribution in [3.8, 4) is 0 Å². The minimum absolute atomic E-state index is 0.0532. The molecule has 0 aliphatic heterocycles. The van der Waals surface area contributed by atoms with Crippen LogP contribution >= 0.6 is 0 Å². The summed E-state index contributed by atoms with van der Waals surface area (Å²) in [6, 6.07) is -2.16. The van der Waals surface area contributed by atoms with Gasteiger partial charge in [-0.2, -0.15) is 13.2 Å². The lowest BCUT2D eigenvalue weighted by molar-refractivity contribution is -0.177. The van der Waals surface area contributed by atoms with Gasteiger partial charge in [0.1, 0.15) is 6.04 Å². The third-order valence-electron chi connectivity index (χ3n) is 2.29. The van der Waals surface area contributed by atoms with Crippen LogP contribution in [-0.4, -0.2) is 24.8 Å². The Kier molecular flexibility index (Phi) is 6.52. The number of ether oxygens (including phenoxy) is 1. The molecule has 0 unspecified atom stereocenters. The largest absolute Gasteiger partial charge is 0.465 e. The molecular formula is C11H20F3NO2. The van der Waals surface area contributed by atoms with Crippen LogP contribution in [0.15, 0.2) is 0 Å². The number of carbonyl (C=O) groups excluding carboxylic acids is 1. The SMILES string of the molecule is CCCOC(=O)[C@@H](CC(C)C)[C@H](N)C(F)(F)F. The highest BCUT2D eigenvalue weighted by molar-refractivity contribution is 5.73. The van der Waals surface area contributed by atoms with E-state index in [0.29, 0.717) is 6.42 Å². The van der Waals surface area contributed by atoms with Crippen LogP contribution in [0, 0.1) is 11.8 Å². The van der Waals surface area contributed by atoms with Crippen LogP contribution in [0.4, 0.5) is 13.2 Å². The van der Waals surface area contributed by atoms with Gasteiger partial charge >= 0.3 is 12.1 Å². The van der Waals surface area contributed by atoms with E-state index in [1.165, 1.54) is 0 Å². The van der Waals surface area contributed by atoms with Crippen LogP contribution in [0.2, 0.25) is 0 Å². The number of halogens is 3. The zero-order chi connectivity index (χ0) is 13.6. The third-order valence-corrected chi connectivity index (χ3v) is 2.29. The van der Waals surface area contributed by atoms with Gasteiger partial charge in [-0.1, -0.05) is 20.8 Å². The molecule has 0 aliphatic carbocycles. The first-order valence-electron chi connectivity index (χ1n) is 5.69. The number of hydrogen-bond acceptors (Lipinski definition) is 3. The summed E-state index contributed by atoms with van der Waals surface area (Å²) in [5.41, 5.74) is 5.09. The van der Waals surface area contributed by atoms with Gasteiger partial charge in [0.25, 0.3) is 0 Å². The van der Waals surface area contributed by atoms with Crippen LogP contribution in [0.3, 0.4) is 0 Å². The van der Waals surface area contributed by atoms with Gasteiger partial charge in [-0.25, -0.2) is 0 Å². The molecular weight excluding hydrogens is 235 g/mol. The summed E-state index contributed by atoms with van der Waals surface area (Å²) in [4.78, 5) is 11.5. The van der Waals surface area contributed by atoms with Crippen LogP contribution in [0.5, 0.6) is 0 Å². The highest BCUT2D eigenvalue weighted by Gasteiger charge is 2.45. The van der Waals surface area contributed by atoms with Crippen LogP contribution in [0.25, 0.3) is 0 Å². The van der Waals surface area contributed by atoms with E-state index < -0.39 is 24.1 Å². The van der Waals surface area contributed by atoms with Crippen molar-refractivity contribution in [2.24, 2.45) is 17.6 Å². The zero-order valence-corrected chi connectivity index (χ0v) is 10.4. The molecule has 3 nitrogen and oxygen atoms in total. The molecule has 17 heavy (non-hydrogen) atoms. The number of nitrogens with two attached hydrogens (primary N) is 1. The lowest BCUT2D eigenvalue weighted by atomic mass is 9.90. The topological polar surface area (TPSA) is 52.3 Å². The lowest BCUT2D eigenvalue weighted by Gasteiger charge is -2.25. The Morgan fingerprint density at radius 1 is 1.35 bits per heavy atom. The Bertz CT molecular complexity index is 241. The fourth-order valence-electron chi connectivity index (χ4n) is 1.44. The first kappa shape index (κ1) is 16.2. The van der Waals surface area contributed by atoms with Gasteiger partial charge in [0.05, 0.1) is 12.5 Å². The second kappa shape index (κ2) is 6.83. The predicted molar refractivity (Wildman–Crippen MR) is 58.2 cm³/mol. The van der Waals surface area contributed by atoms with Crippen molar-refractivity contribution in [3.63, 3.8) is 0 Å². The van der Waals surface area contributed by atoms with Crippen molar-refractivity contribution in [3.05, 3.63) is 0 Å². The monoisotopic (exact) mass is 255 g/mol. The molecule has 6 heteroatoms. The first-order chi connectivity index (χ1) is 7.70. The molecule has 0 spiro atoms. The molecule has 0 fully saturated rings. The highest BCUT2D eigenvalue weighted by atomic mass is 19.4. The van der Waals surface area contributed by atoms with Crippen molar-refractivity contribution in [1.29, 1.82) is 0 Å². The van der Waals surface area contributed by atoms with E-state index in [4.69, 9.17) is 10.5 Å². The van der Waals surface area contributed by atoms with Crippen LogP contribution < -0.4 is 5.73 Å². The molecule has 0 rings (SSSR count). The molecule has 0 aromatic carbocycles. The maximum absolute atomic E-state index is 12.5. The summed E-state index contributed by atoms with van der Waals surface area (Å²) in [6.45, 7) is 5.37. The number of rotatable bonds is 6. The van der Waals surface area contributed by atoms with Gasteiger partial charge in [-0.15, -0.1) is 0 Å². The standard InChI is InChI=1S/C11H20F3NO2/c1-4-5-17-10(16)8(6-7(2)3)9(15)11(12,13)14/h7-9H,4-6,15H2,1-3H3/t8-,9-/m0/s1. The summed E-state index contributed by atoms with van der Waals surface area (Å²) >= 11 is 0. The van der Waals surface area contributed by atoms with Gasteiger partial charge in [0.2, 0.25) is 0 Å². The van der Waals surface area contributed by atoms with Gasteiger partial charge < -0.3 is 10.5 Å². The minimum Gasteiger partial charge on any atom is -0.465 e. The Labute approximate surface area is 99.5 Å². The summed E-state index contributed by atoms with van der Waals surface area (Å²) in [5.74, 6) is -2.23. The van der Waals surface area contributed by atoms with E-state index in [-0.39, 0.29) is 18.9 Å². The molecule has 2 N–H and O–H groups in total. The van der Waals surface area contributed by atoms with Gasteiger partial charge in [0.15, 0.2) is 0 Å². The van der Waals surface area contributed by atoms with E-state index in [1.54, 1.807) is 20.8 Å². The lowest BCUT2D eigenvalue weighted by Crippen LogP contribution is -2.47. The molecule has 0 saturated heterocycles. The molecule has 0 aliphatic rings. The van der Waals surface area contributed by atoms with E-state index in [1.807, 2.05) is 0 Å². The van der Waals surface area contributed by atoms with Gasteiger partial charge in [-0.05, 0) is 18.8 Å². The maximum atomic E-state index is 12.5. The zero-order valence-electron chi connectivity index (χ0n) is 10.4. The molecule has 0 heterocycles. The normalized spacial score (nSPS) is 15.8. The minimum atomic E-state index is -4.58. The summed E-state index contributed by atoms with van der Waals surface area (Å²) in [5, 5.41) is 0. The molecule has 0 aromatic rings. The van der Waals surface area contributed by atoms with E-state index in [2.05, 4.69) is 0 Å². The van der Waals surface area contributed by atoms with Crippen molar-refractivity contribution in [1.82, 2.24) is 0 Å². The predicted octanol–water partition coefficient (Wildman–Crippen LogP) is 2.49. The summed E-state index contributed by atoms with van der Waals surface area (Å²) in [7, 11) is 0. The van der Waals surface area contributed by atoms with Crippen molar-refractivity contribution >= 4 is 5.97 Å². The Morgan fingerprint density at radius 2 is 1.88 bits per heavy atom. The fourth-order valence-corrected chi connectivity index (χ4v) is 1.44. The van der Waals surface area contributed by atoms with E-state index in [0.717, 1.165) is 0 Å². The van der Waals surface area contributed by atoms with Crippen LogP contribution in [-0.2, 0) is 9.53 Å². The van der Waals surface area contributed by atoms with Gasteiger partial charge in [0, 0.05) is 0 Å². The highest BCUT2D eigenvalue weighted by Crippen LogP contribution is 2.28. The number of esters is 1. The van der Waals surface area contributed by atoms with E-state index >= 15 is 0 Å². The van der Waals surface area contributed by atoms with Crippen LogP contribution in [0.1, 0.15) is 33.6 Å². The molecule has 0 aromatic heterocycles. The Morgan fingerprint density at radius 3 is 2.24 bits per heavy atom. The number of hydrogen-bond donors (Lipinski definition) is 1. The number of alkyl halides is 3. The fraction of sp³-hybridized carbons (Fsp3) is 0.909. The Balaban J connectivity index is 4.69. The molecule has 0 bridgehead atoms. The molecule has 2 atom stereocenters. The van der Waals surface area contributed by atoms with Crippen molar-refractivity contribution < 1.29 is 22.7 Å². The molecule has 0 amide bonds.